The van der Waals surface area contributed by atoms with Gasteiger partial charge in [-0.1, -0.05) is 29.8 Å². The molecular formula is C14H8BrClN2S. The van der Waals surface area contributed by atoms with E-state index >= 15 is 0 Å². The zero-order chi connectivity index (χ0) is 13.0. The van der Waals surface area contributed by atoms with E-state index in [4.69, 9.17) is 11.6 Å². The van der Waals surface area contributed by atoms with Crippen LogP contribution in [-0.2, 0) is 12.8 Å². The van der Waals surface area contributed by atoms with Crippen LogP contribution in [0.3, 0.4) is 0 Å². The lowest BCUT2D eigenvalue weighted by molar-refractivity contribution is 0.840. The molecule has 0 saturated carbocycles. The van der Waals surface area contributed by atoms with Crippen LogP contribution in [0.15, 0.2) is 29.0 Å². The number of nitrogens with zero attached hydrogens (tertiary/aromatic N) is 2. The summed E-state index contributed by atoms with van der Waals surface area (Å²) < 4.78 is 0.998. The number of hydrogen-bond acceptors (Lipinski definition) is 3. The molecule has 2 nitrogen and oxygen atoms in total. The van der Waals surface area contributed by atoms with E-state index in [0.717, 1.165) is 14.7 Å². The Balaban J connectivity index is 1.97. The molecule has 0 N–H and O–H groups in total. The summed E-state index contributed by atoms with van der Waals surface area (Å²) in [5.41, 5.74) is 4.15. The van der Waals surface area contributed by atoms with Crippen LogP contribution in [0.25, 0.3) is 20.7 Å². The molecule has 2 aromatic heterocycles. The molecule has 1 aliphatic rings. The van der Waals surface area contributed by atoms with Gasteiger partial charge >= 0.3 is 0 Å². The number of thiophene rings is 1. The van der Waals surface area contributed by atoms with Gasteiger partial charge in [0.15, 0.2) is 0 Å². The topological polar surface area (TPSA) is 25.8 Å². The number of rotatable bonds is 1. The van der Waals surface area contributed by atoms with Gasteiger partial charge in [0.25, 0.3) is 0 Å². The van der Waals surface area contributed by atoms with Gasteiger partial charge in [-0.3, -0.25) is 0 Å². The van der Waals surface area contributed by atoms with Gasteiger partial charge in [0.2, 0.25) is 0 Å². The molecule has 2 heterocycles. The molecule has 0 aliphatic heterocycles. The molecule has 0 spiro atoms. The third-order valence-electron chi connectivity index (χ3n) is 3.52. The van der Waals surface area contributed by atoms with Crippen LogP contribution in [0.4, 0.5) is 0 Å². The van der Waals surface area contributed by atoms with Gasteiger partial charge in [-0.05, 0) is 45.5 Å². The molecule has 3 aromatic rings. The first-order chi connectivity index (χ1) is 9.24. The predicted molar refractivity (Wildman–Crippen MR) is 83.0 cm³/mol. The smallest absolute Gasteiger partial charge is 0.142 e. The minimum absolute atomic E-state index is 0.503. The van der Waals surface area contributed by atoms with Crippen molar-refractivity contribution in [1.29, 1.82) is 0 Å². The molecule has 4 rings (SSSR count). The average molecular weight is 352 g/mol. The van der Waals surface area contributed by atoms with Gasteiger partial charge in [0, 0.05) is 4.47 Å². The second-order valence-corrected chi connectivity index (χ2v) is 6.72. The summed E-state index contributed by atoms with van der Waals surface area (Å²) in [6.07, 6.45) is 3.90. The third-order valence-corrected chi connectivity index (χ3v) is 6.00. The summed E-state index contributed by atoms with van der Waals surface area (Å²) in [5.74, 6) is 0. The molecule has 0 saturated heterocycles. The Morgan fingerprint density at radius 3 is 2.68 bits per heavy atom. The first kappa shape index (κ1) is 11.8. The van der Waals surface area contributed by atoms with Crippen molar-refractivity contribution in [1.82, 2.24) is 9.97 Å². The minimum Gasteiger partial charge on any atom is -0.225 e. The standard InChI is InChI=1S/C14H8BrClN2S/c15-11-10-13(16)17-6-18-14(10)19-12(11)9-4-2-7-1-3-8(7)5-9/h2,4-6H,1,3H2. The summed E-state index contributed by atoms with van der Waals surface area (Å²) in [6.45, 7) is 0. The molecule has 0 bridgehead atoms. The van der Waals surface area contributed by atoms with Crippen LogP contribution >= 0.6 is 38.9 Å². The molecule has 0 atom stereocenters. The Labute approximate surface area is 127 Å². The van der Waals surface area contributed by atoms with Crippen molar-refractivity contribution in [2.45, 2.75) is 12.8 Å². The molecule has 94 valence electrons. The van der Waals surface area contributed by atoms with Gasteiger partial charge in [-0.15, -0.1) is 11.3 Å². The van der Waals surface area contributed by atoms with Crippen molar-refractivity contribution in [2.24, 2.45) is 0 Å². The predicted octanol–water partition coefficient (Wildman–Crippen LogP) is 4.87. The van der Waals surface area contributed by atoms with E-state index < -0.39 is 0 Å². The summed E-state index contributed by atoms with van der Waals surface area (Å²) in [5, 5.41) is 1.41. The van der Waals surface area contributed by atoms with Gasteiger partial charge in [0.1, 0.15) is 16.3 Å². The molecule has 0 unspecified atom stereocenters. The Morgan fingerprint density at radius 1 is 1.16 bits per heavy atom. The first-order valence-corrected chi connectivity index (χ1v) is 7.93. The molecule has 1 aliphatic carbocycles. The fraction of sp³-hybridized carbons (Fsp3) is 0.143. The van der Waals surface area contributed by atoms with E-state index in [2.05, 4.69) is 44.1 Å². The Bertz CT molecular complexity index is 813. The van der Waals surface area contributed by atoms with E-state index in [9.17, 15) is 0 Å². The molecule has 0 fully saturated rings. The molecule has 1 aromatic carbocycles. The van der Waals surface area contributed by atoms with E-state index in [-0.39, 0.29) is 0 Å². The van der Waals surface area contributed by atoms with Gasteiger partial charge in [0.05, 0.1) is 10.3 Å². The second kappa shape index (κ2) is 4.27. The largest absolute Gasteiger partial charge is 0.225 e. The Morgan fingerprint density at radius 2 is 2.00 bits per heavy atom. The van der Waals surface area contributed by atoms with Crippen LogP contribution < -0.4 is 0 Å². The number of aromatic nitrogens is 2. The summed E-state index contributed by atoms with van der Waals surface area (Å²) in [6, 6.07) is 6.67. The lowest BCUT2D eigenvalue weighted by Gasteiger charge is -2.19. The summed E-state index contributed by atoms with van der Waals surface area (Å²) >= 11 is 11.5. The van der Waals surface area contributed by atoms with Crippen LogP contribution in [0.2, 0.25) is 5.15 Å². The highest BCUT2D eigenvalue weighted by atomic mass is 79.9. The van der Waals surface area contributed by atoms with Crippen molar-refractivity contribution < 1.29 is 0 Å². The Hall–Kier alpha value is -0.970. The molecule has 19 heavy (non-hydrogen) atoms. The van der Waals surface area contributed by atoms with Gasteiger partial charge in [-0.25, -0.2) is 9.97 Å². The molecule has 0 amide bonds. The lowest BCUT2D eigenvalue weighted by Crippen LogP contribution is -2.07. The first-order valence-electron chi connectivity index (χ1n) is 5.94. The Kier molecular flexibility index (Phi) is 2.65. The monoisotopic (exact) mass is 350 g/mol. The average Bonchev–Trinajstić information content (AvgIpc) is 2.70. The fourth-order valence-electron chi connectivity index (χ4n) is 2.39. The zero-order valence-corrected chi connectivity index (χ0v) is 12.9. The SMILES string of the molecule is Clc1ncnc2sc(-c3ccc4c(c3)CC4)c(Br)c12. The van der Waals surface area contributed by atoms with Crippen molar-refractivity contribution in [2.75, 3.05) is 0 Å². The molecule has 0 radical (unpaired) electrons. The van der Waals surface area contributed by atoms with Crippen LogP contribution in [0.5, 0.6) is 0 Å². The van der Waals surface area contributed by atoms with Crippen molar-refractivity contribution in [3.63, 3.8) is 0 Å². The second-order valence-electron chi connectivity index (χ2n) is 4.57. The summed E-state index contributed by atoms with van der Waals surface area (Å²) in [4.78, 5) is 10.4. The van der Waals surface area contributed by atoms with E-state index in [1.807, 2.05) is 0 Å². The number of benzene rings is 1. The maximum Gasteiger partial charge on any atom is 0.142 e. The molecule has 5 heteroatoms. The van der Waals surface area contributed by atoms with E-state index in [1.165, 1.54) is 40.7 Å². The highest BCUT2D eigenvalue weighted by molar-refractivity contribution is 9.10. The maximum atomic E-state index is 6.16. The van der Waals surface area contributed by atoms with Crippen LogP contribution in [0, 0.1) is 0 Å². The zero-order valence-electron chi connectivity index (χ0n) is 9.78. The van der Waals surface area contributed by atoms with Gasteiger partial charge in [-0.2, -0.15) is 0 Å². The number of fused-ring (bicyclic) bond motifs is 2. The molecular weight excluding hydrogens is 344 g/mol. The van der Waals surface area contributed by atoms with E-state index in [0.29, 0.717) is 5.15 Å². The maximum absolute atomic E-state index is 6.16. The summed E-state index contributed by atoms with van der Waals surface area (Å²) in [7, 11) is 0. The quantitative estimate of drug-likeness (QED) is 0.584. The van der Waals surface area contributed by atoms with Crippen molar-refractivity contribution in [3.8, 4) is 10.4 Å². The highest BCUT2D eigenvalue weighted by Gasteiger charge is 2.18. The third kappa shape index (κ3) is 1.74. The number of hydrogen-bond donors (Lipinski definition) is 0. The highest BCUT2D eigenvalue weighted by Crippen LogP contribution is 2.44. The lowest BCUT2D eigenvalue weighted by atomic mass is 9.87. The van der Waals surface area contributed by atoms with Crippen molar-refractivity contribution >= 4 is 49.1 Å². The van der Waals surface area contributed by atoms with E-state index in [1.54, 1.807) is 11.3 Å². The van der Waals surface area contributed by atoms with Crippen LogP contribution in [0.1, 0.15) is 11.1 Å². The van der Waals surface area contributed by atoms with Gasteiger partial charge < -0.3 is 0 Å². The minimum atomic E-state index is 0.503. The fourth-order valence-corrected chi connectivity index (χ4v) is 4.79. The normalized spacial score (nSPS) is 13.4. The number of aryl methyl sites for hydroxylation is 2. The van der Waals surface area contributed by atoms with Crippen molar-refractivity contribution in [3.05, 3.63) is 45.3 Å². The number of halogens is 2. The van der Waals surface area contributed by atoms with Crippen LogP contribution in [-0.4, -0.2) is 9.97 Å².